The van der Waals surface area contributed by atoms with Gasteiger partial charge in [0.05, 0.1) is 6.61 Å². The van der Waals surface area contributed by atoms with Crippen LogP contribution >= 0.6 is 0 Å². The Balaban J connectivity index is 2.35. The monoisotopic (exact) mass is 1300 g/mol. The van der Waals surface area contributed by atoms with E-state index in [0.717, 1.165) is 96.3 Å². The molecule has 0 saturated carbocycles. The van der Waals surface area contributed by atoms with E-state index in [4.69, 9.17) is 33.2 Å². The van der Waals surface area contributed by atoms with Gasteiger partial charge in [-0.05, 0) is 25.7 Å². The summed E-state index contributed by atoms with van der Waals surface area (Å²) in [4.78, 5) is 55.8. The summed E-state index contributed by atoms with van der Waals surface area (Å²) in [7, 11) is 0. The molecular formula is C76H142O15. The summed E-state index contributed by atoms with van der Waals surface area (Å²) in [6.45, 7) is 7.01. The Morgan fingerprint density at radius 3 is 0.945 bits per heavy atom. The van der Waals surface area contributed by atoms with Gasteiger partial charge >= 0.3 is 23.9 Å². The molecule has 15 heteroatoms. The maximum absolute atomic E-state index is 14.3. The fourth-order valence-electron chi connectivity index (χ4n) is 13.0. The van der Waals surface area contributed by atoms with Gasteiger partial charge in [0, 0.05) is 25.7 Å². The lowest BCUT2D eigenvalue weighted by atomic mass is 9.98. The molecule has 0 aromatic carbocycles. The molecule has 2 aliphatic rings. The first-order valence-corrected chi connectivity index (χ1v) is 38.8. The van der Waals surface area contributed by atoms with Gasteiger partial charge in [-0.2, -0.15) is 0 Å². The lowest BCUT2D eigenvalue weighted by Gasteiger charge is -2.44. The van der Waals surface area contributed by atoms with Crippen molar-refractivity contribution >= 4 is 23.9 Å². The van der Waals surface area contributed by atoms with Crippen LogP contribution < -0.4 is 0 Å². The van der Waals surface area contributed by atoms with E-state index in [1.807, 2.05) is 0 Å². The zero-order valence-electron chi connectivity index (χ0n) is 59.1. The van der Waals surface area contributed by atoms with Crippen molar-refractivity contribution in [1.29, 1.82) is 0 Å². The van der Waals surface area contributed by atoms with Crippen LogP contribution in [0.5, 0.6) is 0 Å². The van der Waals surface area contributed by atoms with Gasteiger partial charge in [-0.1, -0.05) is 336 Å². The van der Waals surface area contributed by atoms with Crippen LogP contribution in [0.4, 0.5) is 0 Å². The minimum absolute atomic E-state index is 0.00371. The fourth-order valence-corrected chi connectivity index (χ4v) is 13.0. The molecule has 0 unspecified atom stereocenters. The minimum Gasteiger partial charge on any atom is -0.463 e. The molecule has 15 nitrogen and oxygen atoms in total. The predicted octanol–water partition coefficient (Wildman–Crippen LogP) is 18.7. The first-order chi connectivity index (χ1) is 44.5. The van der Waals surface area contributed by atoms with Gasteiger partial charge in [0.1, 0.15) is 43.7 Å². The van der Waals surface area contributed by atoms with Gasteiger partial charge in [-0.15, -0.1) is 0 Å². The van der Waals surface area contributed by atoms with Crippen molar-refractivity contribution in [3.05, 3.63) is 0 Å². The van der Waals surface area contributed by atoms with E-state index in [1.165, 1.54) is 212 Å². The van der Waals surface area contributed by atoms with E-state index in [-0.39, 0.29) is 25.7 Å². The van der Waals surface area contributed by atoms with Crippen LogP contribution in [-0.4, -0.2) is 119 Å². The summed E-state index contributed by atoms with van der Waals surface area (Å²) in [6.07, 6.45) is 46.0. The summed E-state index contributed by atoms with van der Waals surface area (Å²) < 4.78 is 43.4. The molecule has 4 N–H and O–H groups in total. The molecule has 9 atom stereocenters. The number of rotatable bonds is 65. The molecule has 2 rings (SSSR count). The van der Waals surface area contributed by atoms with E-state index in [1.54, 1.807) is 0 Å². The van der Waals surface area contributed by atoms with Gasteiger partial charge in [-0.25, -0.2) is 0 Å². The summed E-state index contributed by atoms with van der Waals surface area (Å²) in [6, 6.07) is 0. The molecule has 2 saturated heterocycles. The van der Waals surface area contributed by atoms with Gasteiger partial charge in [0.2, 0.25) is 5.79 Å². The number of carbonyl (C=O) groups is 4. The van der Waals surface area contributed by atoms with Gasteiger partial charge in [-0.3, -0.25) is 19.2 Å². The number of hydrogen-bond acceptors (Lipinski definition) is 15. The topological polar surface area (TPSA) is 214 Å². The molecule has 0 aromatic rings. The average Bonchev–Trinajstić information content (AvgIpc) is 1.64. The van der Waals surface area contributed by atoms with Crippen LogP contribution in [0.15, 0.2) is 0 Å². The number of ether oxygens (including phenoxy) is 7. The van der Waals surface area contributed by atoms with Crippen molar-refractivity contribution in [2.24, 2.45) is 0 Å². The number of carbonyl (C=O) groups excluding carboxylic acids is 4. The van der Waals surface area contributed by atoms with Crippen LogP contribution in [0.3, 0.4) is 0 Å². The van der Waals surface area contributed by atoms with Gasteiger partial charge in [0.25, 0.3) is 0 Å². The Morgan fingerprint density at radius 1 is 0.341 bits per heavy atom. The number of unbranched alkanes of at least 4 members (excludes halogenated alkanes) is 48. The minimum atomic E-state index is -2.40. The van der Waals surface area contributed by atoms with Crippen molar-refractivity contribution in [2.75, 3.05) is 19.8 Å². The Bertz CT molecular complexity index is 1700. The van der Waals surface area contributed by atoms with Crippen LogP contribution in [-0.2, 0) is 52.3 Å². The molecule has 536 valence electrons. The Kier molecular flexibility index (Phi) is 54.8. The SMILES string of the molecule is CCCCCCCCCCCCCCCC(=O)OC[C@H]1O[C@@](COC(=O)CCCCCCCCCCCCCCC)(O[C@@H]2[C@@H](O)[C@H](O)[C@@H](CO)O[C@@H]2O)[C@@H](OC(=O)CCCCCCCCCCCCCCC)[C@@H]1OC(=O)CCCCCCCCCCCCCCC. The average molecular weight is 1300 g/mol. The quantitative estimate of drug-likeness (QED) is 0.0253. The molecular weight excluding hydrogens is 1150 g/mol. The fraction of sp³-hybridized carbons (Fsp3) is 0.947. The van der Waals surface area contributed by atoms with Crippen LogP contribution in [0, 0.1) is 0 Å². The second-order valence-corrected chi connectivity index (χ2v) is 27.5. The van der Waals surface area contributed by atoms with E-state index < -0.39 is 98.5 Å². The van der Waals surface area contributed by atoms with Crippen LogP contribution in [0.25, 0.3) is 0 Å². The molecule has 91 heavy (non-hydrogen) atoms. The lowest BCUT2D eigenvalue weighted by Crippen LogP contribution is -2.64. The van der Waals surface area contributed by atoms with Gasteiger partial charge in [0.15, 0.2) is 18.5 Å². The van der Waals surface area contributed by atoms with Crippen molar-refractivity contribution in [3.8, 4) is 0 Å². The lowest BCUT2D eigenvalue weighted by molar-refractivity contribution is -0.366. The Morgan fingerprint density at radius 2 is 0.626 bits per heavy atom. The standard InChI is InChI=1S/C76H142O15/c1-5-9-13-17-21-25-29-33-37-41-45-49-53-57-66(78)85-62-65-72(88-68(80)59-55-51-47-43-39-35-31-27-23-19-15-11-7-3)74(89-69(81)60-56-52-48-44-40-36-32-28-24-20-16-12-8-4)76(90-65,91-73-71(83)70(82)64(61-77)87-75(73)84)63-86-67(79)58-54-50-46-42-38-34-30-26-22-18-14-10-6-2/h64-65,70-75,77,82-84H,5-63H2,1-4H3/t64-,65-,70-,71+,72-,73-,74+,75+,76+/m1/s1. The third kappa shape index (κ3) is 42.7. The van der Waals surface area contributed by atoms with E-state index in [2.05, 4.69) is 27.7 Å². The van der Waals surface area contributed by atoms with E-state index in [0.29, 0.717) is 25.7 Å². The Hall–Kier alpha value is -2.40. The molecule has 0 spiro atoms. The number of aliphatic hydroxyl groups is 4. The molecule has 0 radical (unpaired) electrons. The van der Waals surface area contributed by atoms with Crippen molar-refractivity contribution in [3.63, 3.8) is 0 Å². The maximum atomic E-state index is 14.3. The zero-order chi connectivity index (χ0) is 66.1. The highest BCUT2D eigenvalue weighted by Crippen LogP contribution is 2.41. The molecule has 0 bridgehead atoms. The van der Waals surface area contributed by atoms with Crippen LogP contribution in [0.1, 0.15) is 387 Å². The normalized spacial score (nSPS) is 21.5. The van der Waals surface area contributed by atoms with Crippen molar-refractivity contribution in [2.45, 2.75) is 442 Å². The molecule has 0 aliphatic carbocycles. The summed E-state index contributed by atoms with van der Waals surface area (Å²) >= 11 is 0. The predicted molar refractivity (Wildman–Crippen MR) is 365 cm³/mol. The molecule has 2 fully saturated rings. The highest BCUT2D eigenvalue weighted by atomic mass is 16.8. The van der Waals surface area contributed by atoms with Crippen LogP contribution in [0.2, 0.25) is 0 Å². The van der Waals surface area contributed by atoms with E-state index in [9.17, 15) is 39.6 Å². The Labute approximate surface area is 556 Å². The molecule has 2 heterocycles. The zero-order valence-corrected chi connectivity index (χ0v) is 59.1. The largest absolute Gasteiger partial charge is 0.463 e. The second-order valence-electron chi connectivity index (χ2n) is 27.5. The highest BCUT2D eigenvalue weighted by Gasteiger charge is 2.64. The van der Waals surface area contributed by atoms with Gasteiger partial charge < -0.3 is 53.6 Å². The molecule has 0 aromatic heterocycles. The first kappa shape index (κ1) is 84.7. The molecule has 2 aliphatic heterocycles. The number of esters is 4. The first-order valence-electron chi connectivity index (χ1n) is 38.8. The summed E-state index contributed by atoms with van der Waals surface area (Å²) in [5.41, 5.74) is 0. The van der Waals surface area contributed by atoms with E-state index >= 15 is 0 Å². The third-order valence-electron chi connectivity index (χ3n) is 18.9. The second kappa shape index (κ2) is 58.9. The summed E-state index contributed by atoms with van der Waals surface area (Å²) in [5.74, 6) is -4.76. The number of hydrogen-bond donors (Lipinski definition) is 4. The smallest absolute Gasteiger partial charge is 0.306 e. The third-order valence-corrected chi connectivity index (χ3v) is 18.9. The molecule has 0 amide bonds. The number of aliphatic hydroxyl groups excluding tert-OH is 4. The van der Waals surface area contributed by atoms with Crippen molar-refractivity contribution < 1.29 is 72.8 Å². The highest BCUT2D eigenvalue weighted by molar-refractivity contribution is 5.71. The van der Waals surface area contributed by atoms with Crippen molar-refractivity contribution in [1.82, 2.24) is 0 Å². The maximum Gasteiger partial charge on any atom is 0.306 e. The summed E-state index contributed by atoms with van der Waals surface area (Å²) in [5, 5.41) is 44.1.